The summed E-state index contributed by atoms with van der Waals surface area (Å²) >= 11 is 0. The summed E-state index contributed by atoms with van der Waals surface area (Å²) in [6.07, 6.45) is 2.08. The molecule has 0 saturated carbocycles. The molecule has 1 heterocycles. The van der Waals surface area contributed by atoms with E-state index in [1.54, 1.807) is 6.07 Å². The monoisotopic (exact) mass is 811 g/mol. The van der Waals surface area contributed by atoms with Gasteiger partial charge in [0.25, 0.3) is 5.91 Å². The Hall–Kier alpha value is -6.02. The number of rotatable bonds is 8. The second kappa shape index (κ2) is 20.8. The summed E-state index contributed by atoms with van der Waals surface area (Å²) in [4.78, 5) is 46.5. The van der Waals surface area contributed by atoms with Crippen LogP contribution in [0.4, 0.5) is 0 Å². The minimum absolute atomic E-state index is 0. The molecule has 1 aliphatic heterocycles. The Morgan fingerprint density at radius 3 is 1.58 bits per heavy atom. The van der Waals surface area contributed by atoms with Crippen LogP contribution in [0.15, 0.2) is 115 Å². The number of hydrogen-bond acceptors (Lipinski definition) is 5. The number of hydrogen-bond donors (Lipinski definition) is 3. The van der Waals surface area contributed by atoms with E-state index >= 15 is 0 Å². The van der Waals surface area contributed by atoms with Gasteiger partial charge in [-0.25, -0.2) is 0 Å². The molecule has 5 aromatic rings. The van der Waals surface area contributed by atoms with E-state index in [4.69, 9.17) is 16.2 Å². The molecule has 60 heavy (non-hydrogen) atoms. The Morgan fingerprint density at radius 2 is 1.07 bits per heavy atom. The maximum absolute atomic E-state index is 11.7. The molecule has 3 amide bonds. The number of Topliss-reactive ketones (excluding diaryl/α,β-unsaturated/α-hetero) is 1. The molecule has 0 aliphatic carbocycles. The second-order valence-corrected chi connectivity index (χ2v) is 18.1. The van der Waals surface area contributed by atoms with Crippen molar-refractivity contribution in [2.24, 2.45) is 11.5 Å². The smallest absolute Gasteiger partial charge is 0.251 e. The molecule has 0 spiro atoms. The van der Waals surface area contributed by atoms with Gasteiger partial charge in [0.1, 0.15) is 12.4 Å². The summed E-state index contributed by atoms with van der Waals surface area (Å²) in [7, 11) is 0. The minimum atomic E-state index is -0.429. The Bertz CT molecular complexity index is 2130. The molecule has 0 bridgehead atoms. The molecule has 0 saturated heterocycles. The van der Waals surface area contributed by atoms with Crippen LogP contribution in [0.25, 0.3) is 0 Å². The van der Waals surface area contributed by atoms with Crippen LogP contribution in [0, 0.1) is 0 Å². The summed E-state index contributed by atoms with van der Waals surface area (Å²) < 4.78 is 5.74. The molecule has 5 aromatic carbocycles. The van der Waals surface area contributed by atoms with E-state index in [1.807, 2.05) is 91.0 Å². The Morgan fingerprint density at radius 1 is 0.600 bits per heavy atom. The van der Waals surface area contributed by atoms with E-state index in [0.717, 1.165) is 46.4 Å². The molecule has 5 N–H and O–H groups in total. The maximum Gasteiger partial charge on any atom is 0.251 e. The molecule has 8 heteroatoms. The first-order valence-corrected chi connectivity index (χ1v) is 20.1. The topological polar surface area (TPSA) is 142 Å². The normalized spacial score (nSPS) is 12.5. The quantitative estimate of drug-likeness (QED) is 0.143. The van der Waals surface area contributed by atoms with Crippen LogP contribution in [0.3, 0.4) is 0 Å². The van der Waals surface area contributed by atoms with Crippen LogP contribution >= 0.6 is 0 Å². The van der Waals surface area contributed by atoms with Gasteiger partial charge < -0.3 is 21.5 Å². The van der Waals surface area contributed by atoms with Crippen LogP contribution in [0.2, 0.25) is 0 Å². The minimum Gasteiger partial charge on any atom is -0.489 e. The summed E-state index contributed by atoms with van der Waals surface area (Å²) in [5.74, 6) is -0.0933. The first-order chi connectivity index (χ1) is 27.6. The van der Waals surface area contributed by atoms with E-state index in [0.29, 0.717) is 29.7 Å². The Balaban J connectivity index is 0.000000240. The van der Waals surface area contributed by atoms with Crippen molar-refractivity contribution in [2.45, 2.75) is 112 Å². The van der Waals surface area contributed by atoms with Gasteiger partial charge in [-0.15, -0.1) is 0 Å². The van der Waals surface area contributed by atoms with E-state index in [2.05, 4.69) is 85.8 Å². The van der Waals surface area contributed by atoms with Crippen molar-refractivity contribution in [3.8, 4) is 5.75 Å². The largest absolute Gasteiger partial charge is 0.489 e. The Labute approximate surface area is 358 Å². The summed E-state index contributed by atoms with van der Waals surface area (Å²) in [6.45, 7) is 19.7. The number of ether oxygens (including phenoxy) is 1. The number of aryl methyl sites for hydroxylation is 2. The lowest BCUT2D eigenvalue weighted by molar-refractivity contribution is -0.117. The zero-order valence-electron chi connectivity index (χ0n) is 36.2. The van der Waals surface area contributed by atoms with E-state index in [9.17, 15) is 19.2 Å². The van der Waals surface area contributed by atoms with Gasteiger partial charge in [-0.3, -0.25) is 19.2 Å². The molecular weight excluding hydrogens is 747 g/mol. The molecule has 0 atom stereocenters. The van der Waals surface area contributed by atoms with Crippen molar-refractivity contribution < 1.29 is 23.9 Å². The standard InChI is InChI=1S/C19H23NO.C18H21NO2.C14H17NO2.CH4/c1-19(2,3)16-11-12-17(18(20)21)15(13-16)10-9-14-7-5-4-6-8-14;1-18(2,3)14-9-10-16(17(19)20)13(11-14)12-21-15-7-5-4-6-8-15;1-14(2,3)10-4-5-12-9(6-10)7-11(16)8-15-13(12)17;/h4-8,11-13H,9-10H2,1-3H3,(H2,20,21);4-11H,12H2,1-3H3,(H2,19,20);4-6H,7-8H2,1-3H3,(H,15,17);1H4. The predicted molar refractivity (Wildman–Crippen MR) is 245 cm³/mol. The van der Waals surface area contributed by atoms with Crippen LogP contribution in [0.1, 0.15) is 140 Å². The van der Waals surface area contributed by atoms with Crippen LogP contribution in [0.5, 0.6) is 5.75 Å². The van der Waals surface area contributed by atoms with Gasteiger partial charge in [-0.2, -0.15) is 0 Å². The molecular formula is C52H65N3O5. The fourth-order valence-corrected chi connectivity index (χ4v) is 6.51. The highest BCUT2D eigenvalue weighted by Crippen LogP contribution is 2.28. The van der Waals surface area contributed by atoms with Crippen molar-refractivity contribution in [1.29, 1.82) is 0 Å². The second-order valence-electron chi connectivity index (χ2n) is 18.1. The Kier molecular flexibility index (Phi) is 16.8. The van der Waals surface area contributed by atoms with Gasteiger partial charge in [0.15, 0.2) is 5.78 Å². The molecule has 0 unspecified atom stereocenters. The fraction of sp³-hybridized carbons (Fsp3) is 0.346. The number of para-hydroxylation sites is 1. The summed E-state index contributed by atoms with van der Waals surface area (Å²) in [5.41, 5.74) is 20.4. The molecule has 1 aliphatic rings. The van der Waals surface area contributed by atoms with Gasteiger partial charge >= 0.3 is 0 Å². The average Bonchev–Trinajstić information content (AvgIpc) is 3.32. The zero-order valence-corrected chi connectivity index (χ0v) is 36.2. The predicted octanol–water partition coefficient (Wildman–Crippen LogP) is 10.0. The lowest BCUT2D eigenvalue weighted by atomic mass is 9.84. The van der Waals surface area contributed by atoms with E-state index in [1.165, 1.54) is 11.1 Å². The molecule has 0 radical (unpaired) electrons. The van der Waals surface area contributed by atoms with Crippen LogP contribution in [-0.2, 0) is 46.9 Å². The number of nitrogens with two attached hydrogens (primary N) is 2. The first kappa shape index (κ1) is 48.3. The number of nitrogens with one attached hydrogen (secondary N) is 1. The number of ketones is 1. The van der Waals surface area contributed by atoms with Crippen molar-refractivity contribution in [3.05, 3.63) is 171 Å². The van der Waals surface area contributed by atoms with Crippen molar-refractivity contribution in [2.75, 3.05) is 6.54 Å². The number of carbonyl (C=O) groups excluding carboxylic acids is 4. The van der Waals surface area contributed by atoms with E-state index < -0.39 is 5.91 Å². The van der Waals surface area contributed by atoms with Crippen molar-refractivity contribution in [3.63, 3.8) is 0 Å². The SMILES string of the molecule is C.CC(C)(C)c1ccc(C(N)=O)c(CCc2ccccc2)c1.CC(C)(C)c1ccc(C(N)=O)c(COc2ccccc2)c1.CC(C)(C)c1ccc2c(c1)CC(=O)CNC2=O. The summed E-state index contributed by atoms with van der Waals surface area (Å²) in [5, 5.41) is 2.62. The number of benzene rings is 5. The molecule has 6 rings (SSSR count). The van der Waals surface area contributed by atoms with Gasteiger partial charge in [-0.1, -0.05) is 155 Å². The average molecular weight is 812 g/mol. The van der Waals surface area contributed by atoms with Gasteiger partial charge in [-0.05, 0) is 92.8 Å². The van der Waals surface area contributed by atoms with Crippen LogP contribution in [-0.4, -0.2) is 30.0 Å². The van der Waals surface area contributed by atoms with Crippen molar-refractivity contribution in [1.82, 2.24) is 5.32 Å². The molecule has 0 aromatic heterocycles. The third kappa shape index (κ3) is 14.1. The molecule has 318 valence electrons. The van der Waals surface area contributed by atoms with Gasteiger partial charge in [0.05, 0.1) is 6.54 Å². The fourth-order valence-electron chi connectivity index (χ4n) is 6.51. The number of primary amides is 2. The first-order valence-electron chi connectivity index (χ1n) is 20.1. The van der Waals surface area contributed by atoms with E-state index in [-0.39, 0.29) is 47.8 Å². The zero-order chi connectivity index (χ0) is 43.5. The lowest BCUT2D eigenvalue weighted by Crippen LogP contribution is -2.26. The highest BCUT2D eigenvalue weighted by molar-refractivity contribution is 6.02. The third-order valence-electron chi connectivity index (χ3n) is 10.2. The molecule has 0 fully saturated rings. The van der Waals surface area contributed by atoms with Gasteiger partial charge in [0, 0.05) is 28.7 Å². The lowest BCUT2D eigenvalue weighted by Gasteiger charge is -2.21. The maximum atomic E-state index is 11.7. The number of fused-ring (bicyclic) bond motifs is 1. The summed E-state index contributed by atoms with van der Waals surface area (Å²) in [6, 6.07) is 37.3. The third-order valence-corrected chi connectivity index (χ3v) is 10.2. The molecule has 8 nitrogen and oxygen atoms in total. The number of amides is 3. The number of carbonyl (C=O) groups is 4. The highest BCUT2D eigenvalue weighted by Gasteiger charge is 2.23. The van der Waals surface area contributed by atoms with Crippen LogP contribution < -0.4 is 21.5 Å². The highest BCUT2D eigenvalue weighted by atomic mass is 16.5. The van der Waals surface area contributed by atoms with Crippen molar-refractivity contribution >= 4 is 23.5 Å². The van der Waals surface area contributed by atoms with Gasteiger partial charge in [0.2, 0.25) is 11.8 Å².